The van der Waals surface area contributed by atoms with Gasteiger partial charge < -0.3 is 5.53 Å². The fourth-order valence-corrected chi connectivity index (χ4v) is 5.29. The van der Waals surface area contributed by atoms with E-state index in [1.165, 1.54) is 78.3 Å². The van der Waals surface area contributed by atoms with Crippen LogP contribution in [0.4, 0.5) is 0 Å². The van der Waals surface area contributed by atoms with Crippen LogP contribution in [0.15, 0.2) is 59.7 Å². The first-order chi connectivity index (χ1) is 19.1. The molecule has 0 unspecified atom stereocenters. The fourth-order valence-electron chi connectivity index (χ4n) is 5.29. The molecule has 0 bridgehead atoms. The van der Waals surface area contributed by atoms with Crippen LogP contribution in [-0.4, -0.2) is 4.70 Å². The molecule has 0 saturated carbocycles. The molecule has 1 aliphatic heterocycles. The van der Waals surface area contributed by atoms with E-state index in [-0.39, 0.29) is 0 Å². The molecular weight excluding hydrogens is 566 g/mol. The van der Waals surface area contributed by atoms with Crippen molar-refractivity contribution in [3.8, 4) is 0 Å². The molecule has 2 nitrogen and oxygen atoms in total. The van der Waals surface area contributed by atoms with Crippen LogP contribution in [0.1, 0.15) is 127 Å². The Morgan fingerprint density at radius 1 is 0.538 bits per heavy atom. The predicted octanol–water partition coefficient (Wildman–Crippen LogP) is 12.1. The molecule has 218 valence electrons. The molecule has 1 heterocycles. The average molecular weight is 614 g/mol. The Bertz CT molecular complexity index is 1060. The molecule has 0 aliphatic carbocycles. The number of hydrogen-bond acceptors (Lipinski definition) is 0. The molecule has 5 heteroatoms. The third-order valence-corrected chi connectivity index (χ3v) is 7.51. The topological polar surface area (TPSA) is 25.3 Å². The summed E-state index contributed by atoms with van der Waals surface area (Å²) in [6.45, 7) is 9.01. The molecule has 1 aliphatic rings. The van der Waals surface area contributed by atoms with Crippen molar-refractivity contribution in [1.82, 2.24) is 0 Å². The number of aryl methyl sites for hydroxylation is 2. The van der Waals surface area contributed by atoms with Gasteiger partial charge in [0, 0.05) is 22.3 Å². The van der Waals surface area contributed by atoms with Gasteiger partial charge in [-0.1, -0.05) is 90.5 Å². The summed E-state index contributed by atoms with van der Waals surface area (Å²) >= 11 is 0.569. The van der Waals surface area contributed by atoms with Crippen LogP contribution < -0.4 is 0 Å². The van der Waals surface area contributed by atoms with Crippen LogP contribution in [0, 0.1) is 0 Å². The van der Waals surface area contributed by atoms with E-state index in [1.54, 1.807) is 0 Å². The molecule has 0 fully saturated rings. The van der Waals surface area contributed by atoms with Crippen molar-refractivity contribution in [3.63, 3.8) is 0 Å². The maximum atomic E-state index is 11.7. The molecule has 0 amide bonds. The van der Waals surface area contributed by atoms with Crippen LogP contribution in [0.3, 0.4) is 0 Å². The van der Waals surface area contributed by atoms with Gasteiger partial charge in [-0.15, -0.1) is 0 Å². The summed E-state index contributed by atoms with van der Waals surface area (Å²) in [6, 6.07) is 17.9. The first kappa shape index (κ1) is 33.8. The van der Waals surface area contributed by atoms with E-state index in [0.29, 0.717) is 12.7 Å². The number of unbranched alkanes of at least 4 members (excludes halogenated alkanes) is 6. The second-order valence-corrected chi connectivity index (χ2v) is 12.2. The molecular formula is C34H48Cl2N2Ni. The number of nitrogens with zero attached hydrogens (tertiary/aromatic N) is 2. The van der Waals surface area contributed by atoms with Crippen molar-refractivity contribution in [2.24, 2.45) is 0 Å². The summed E-state index contributed by atoms with van der Waals surface area (Å²) in [5.41, 5.74) is 21.5. The number of benzene rings is 2. The minimum atomic E-state index is 0.569. The van der Waals surface area contributed by atoms with Gasteiger partial charge in [-0.25, -0.2) is 4.70 Å². The third-order valence-electron chi connectivity index (χ3n) is 7.51. The van der Waals surface area contributed by atoms with Gasteiger partial charge in [-0.2, -0.15) is 0 Å². The van der Waals surface area contributed by atoms with Crippen molar-refractivity contribution in [1.29, 1.82) is 0 Å². The van der Waals surface area contributed by atoms with Crippen LogP contribution in [0.2, 0.25) is 0 Å². The quantitative estimate of drug-likeness (QED) is 0.102. The SMILES string of the molecule is CCCCCCC1=C(c2ccc(CCCC)cc2)[N+](=[N-])C(c2ccc(CCCC)cc2)=C1CCCC.[Cl][Ni][Cl]. The van der Waals surface area contributed by atoms with Gasteiger partial charge >= 0.3 is 33.0 Å². The van der Waals surface area contributed by atoms with Crippen molar-refractivity contribution in [3.05, 3.63) is 87.5 Å². The Morgan fingerprint density at radius 3 is 1.28 bits per heavy atom. The molecule has 0 N–H and O–H groups in total. The van der Waals surface area contributed by atoms with E-state index in [2.05, 4.69) is 76.2 Å². The third kappa shape index (κ3) is 10.5. The first-order valence-electron chi connectivity index (χ1n) is 15.0. The van der Waals surface area contributed by atoms with Gasteiger partial charge in [0.1, 0.15) is 0 Å². The van der Waals surface area contributed by atoms with E-state index >= 15 is 0 Å². The van der Waals surface area contributed by atoms with Crippen molar-refractivity contribution >= 4 is 31.8 Å². The molecule has 0 aromatic heterocycles. The minimum absolute atomic E-state index is 0.569. The Balaban J connectivity index is 0.00000170. The van der Waals surface area contributed by atoms with Crippen molar-refractivity contribution < 1.29 is 17.4 Å². The second-order valence-electron chi connectivity index (χ2n) is 10.5. The number of rotatable bonds is 16. The molecule has 0 saturated heterocycles. The molecule has 2 aromatic carbocycles. The first-order valence-corrected chi connectivity index (χ1v) is 17.7. The monoisotopic (exact) mass is 612 g/mol. The van der Waals surface area contributed by atoms with E-state index < -0.39 is 0 Å². The normalized spacial score (nSPS) is 13.3. The number of allylic oxidation sites excluding steroid dienone is 2. The van der Waals surface area contributed by atoms with Crippen LogP contribution in [0.5, 0.6) is 0 Å². The predicted molar refractivity (Wildman–Crippen MR) is 168 cm³/mol. The van der Waals surface area contributed by atoms with Crippen LogP contribution in [-0.2, 0) is 25.5 Å². The van der Waals surface area contributed by atoms with E-state index in [9.17, 15) is 5.53 Å². The van der Waals surface area contributed by atoms with Gasteiger partial charge in [0.05, 0.1) is 0 Å². The van der Waals surface area contributed by atoms with Gasteiger partial charge in [-0.3, -0.25) is 0 Å². The Labute approximate surface area is 253 Å². The van der Waals surface area contributed by atoms with Crippen LogP contribution >= 0.6 is 20.4 Å². The summed E-state index contributed by atoms with van der Waals surface area (Å²) in [7, 11) is 9.40. The average Bonchev–Trinajstić information content (AvgIpc) is 3.23. The maximum absolute atomic E-state index is 11.7. The van der Waals surface area contributed by atoms with E-state index in [1.807, 2.05) is 0 Å². The molecule has 0 radical (unpaired) electrons. The van der Waals surface area contributed by atoms with Crippen molar-refractivity contribution in [2.45, 2.75) is 118 Å². The van der Waals surface area contributed by atoms with Crippen molar-refractivity contribution in [2.75, 3.05) is 0 Å². The summed E-state index contributed by atoms with van der Waals surface area (Å²) in [5.74, 6) is 0. The summed E-state index contributed by atoms with van der Waals surface area (Å²) in [6.07, 6.45) is 16.4. The number of halogens is 2. The second kappa shape index (κ2) is 19.6. The molecule has 39 heavy (non-hydrogen) atoms. The number of hydrogen-bond donors (Lipinski definition) is 0. The fraction of sp³-hybridized carbons (Fsp3) is 0.529. The van der Waals surface area contributed by atoms with Gasteiger partial charge in [0.2, 0.25) is 11.4 Å². The Morgan fingerprint density at radius 2 is 0.897 bits per heavy atom. The summed E-state index contributed by atoms with van der Waals surface area (Å²) < 4.78 is 1.53. The zero-order valence-corrected chi connectivity index (χ0v) is 27.0. The Hall–Kier alpha value is -1.41. The molecule has 0 atom stereocenters. The molecule has 3 rings (SSSR count). The van der Waals surface area contributed by atoms with E-state index in [4.69, 9.17) is 20.4 Å². The summed E-state index contributed by atoms with van der Waals surface area (Å²) in [5, 5.41) is 0. The zero-order chi connectivity index (χ0) is 28.5. The van der Waals surface area contributed by atoms with E-state index in [0.717, 1.165) is 61.0 Å². The zero-order valence-electron chi connectivity index (χ0n) is 24.5. The summed E-state index contributed by atoms with van der Waals surface area (Å²) in [4.78, 5) is 0. The molecule has 0 spiro atoms. The van der Waals surface area contributed by atoms with Gasteiger partial charge in [-0.05, 0) is 86.8 Å². The Kier molecular flexibility index (Phi) is 17.0. The standard InChI is InChI=1S/C34H48N2.2ClH.Ni/c1-5-9-13-14-18-32-31(17-12-8-4)33(29-23-19-27(20-24-29)15-10-6-2)36(35)34(32)30-25-21-28(22-26-30)16-11-7-3;;;/h19-26H,5-18H2,1-4H3;2*1H;/q;;;+2/p-2. The van der Waals surface area contributed by atoms with Gasteiger partial charge in [0.25, 0.3) is 0 Å². The van der Waals surface area contributed by atoms with Crippen LogP contribution in [0.25, 0.3) is 16.9 Å². The molecule has 2 aromatic rings. The van der Waals surface area contributed by atoms with Gasteiger partial charge in [0.15, 0.2) is 0 Å².